The Labute approximate surface area is 275 Å². The second-order valence-corrected chi connectivity index (χ2v) is 13.1. The van der Waals surface area contributed by atoms with E-state index in [0.29, 0.717) is 28.9 Å². The molecule has 1 unspecified atom stereocenters. The number of methoxy groups -OCH3 is 1. The van der Waals surface area contributed by atoms with Crippen molar-refractivity contribution in [2.45, 2.75) is 6.04 Å². The minimum absolute atomic E-state index is 0.0885. The van der Waals surface area contributed by atoms with Crippen LogP contribution in [0, 0.1) is 17.5 Å². The lowest BCUT2D eigenvalue weighted by Crippen LogP contribution is -2.42. The molecule has 1 fully saturated rings. The third kappa shape index (κ3) is 5.82. The highest BCUT2D eigenvalue weighted by atomic mass is 32.2. The van der Waals surface area contributed by atoms with Crippen molar-refractivity contribution in [3.8, 4) is 39.7 Å². The zero-order valence-corrected chi connectivity index (χ0v) is 26.4. The average molecular weight is 692 g/mol. The number of anilines is 1. The fourth-order valence-electron chi connectivity index (χ4n) is 5.77. The first-order valence-electron chi connectivity index (χ1n) is 14.6. The summed E-state index contributed by atoms with van der Waals surface area (Å²) in [5, 5.41) is 2.89. The van der Waals surface area contributed by atoms with E-state index >= 15 is 0 Å². The van der Waals surface area contributed by atoms with Crippen molar-refractivity contribution in [3.63, 3.8) is 0 Å². The fraction of sp³-hybridized carbons (Fsp3) is 0.147. The Morgan fingerprint density at radius 2 is 1.71 bits per heavy atom. The summed E-state index contributed by atoms with van der Waals surface area (Å²) in [6, 6.07) is 14.0. The number of nitrogens with zero attached hydrogens (tertiary/aromatic N) is 2. The molecule has 1 amide bonds. The zero-order valence-electron chi connectivity index (χ0n) is 25.6. The molecule has 0 radical (unpaired) electrons. The monoisotopic (exact) mass is 691 g/mol. The molecular formula is C34H24F3N3O8S. The number of furan rings is 1. The number of sulfonamides is 1. The van der Waals surface area contributed by atoms with E-state index in [0.717, 1.165) is 16.6 Å². The summed E-state index contributed by atoms with van der Waals surface area (Å²) in [6.07, 6.45) is 0.876. The molecule has 4 aromatic carbocycles. The van der Waals surface area contributed by atoms with E-state index in [1.165, 1.54) is 37.4 Å². The molecule has 0 saturated carbocycles. The number of hydrogen-bond acceptors (Lipinski definition) is 9. The SMILES string of the molecule is COc1ccc(-c2cc3c(C=O)c(-c4ccc(F)cc4)oc3cc2N(CC2COC(=O)N2)S(C)(=O)=O)cc1-c1nc2c(F)cc(F)cc2o1. The lowest BCUT2D eigenvalue weighted by molar-refractivity contribution is 0.112. The number of rotatable bonds is 9. The van der Waals surface area contributed by atoms with Crippen LogP contribution in [0.4, 0.5) is 23.7 Å². The summed E-state index contributed by atoms with van der Waals surface area (Å²) in [7, 11) is -2.66. The maximum atomic E-state index is 14.6. The molecule has 0 spiro atoms. The molecule has 49 heavy (non-hydrogen) atoms. The lowest BCUT2D eigenvalue weighted by Gasteiger charge is -2.27. The number of alkyl carbamates (subject to hydrolysis) is 1. The number of ether oxygens (including phenoxy) is 2. The second-order valence-electron chi connectivity index (χ2n) is 11.2. The van der Waals surface area contributed by atoms with Crippen molar-refractivity contribution in [3.05, 3.63) is 89.7 Å². The summed E-state index contributed by atoms with van der Waals surface area (Å²) in [5.41, 5.74) is 1.31. The third-order valence-corrected chi connectivity index (χ3v) is 9.16. The van der Waals surface area contributed by atoms with E-state index in [9.17, 15) is 31.2 Å². The minimum Gasteiger partial charge on any atom is -0.496 e. The van der Waals surface area contributed by atoms with Gasteiger partial charge in [-0.15, -0.1) is 0 Å². The summed E-state index contributed by atoms with van der Waals surface area (Å²) in [6.45, 7) is -0.317. The van der Waals surface area contributed by atoms with Crippen molar-refractivity contribution >= 4 is 50.2 Å². The van der Waals surface area contributed by atoms with Gasteiger partial charge in [-0.05, 0) is 48.0 Å². The van der Waals surface area contributed by atoms with Gasteiger partial charge in [-0.25, -0.2) is 31.4 Å². The summed E-state index contributed by atoms with van der Waals surface area (Å²) in [5.74, 6) is -2.01. The molecule has 1 atom stereocenters. The first kappa shape index (κ1) is 31.8. The Hall–Kier alpha value is -5.83. The number of fused-ring (bicyclic) bond motifs is 2. The molecule has 11 nitrogen and oxygen atoms in total. The zero-order chi connectivity index (χ0) is 34.6. The van der Waals surface area contributed by atoms with Gasteiger partial charge in [-0.2, -0.15) is 0 Å². The van der Waals surface area contributed by atoms with Crippen LogP contribution < -0.4 is 14.4 Å². The molecule has 1 aliphatic rings. The van der Waals surface area contributed by atoms with Crippen LogP contribution in [0.1, 0.15) is 10.4 Å². The van der Waals surface area contributed by atoms with Crippen molar-refractivity contribution < 1.29 is 49.5 Å². The van der Waals surface area contributed by atoms with E-state index in [1.807, 2.05) is 0 Å². The molecule has 0 bridgehead atoms. The Bertz CT molecular complexity index is 2410. The Morgan fingerprint density at radius 1 is 0.959 bits per heavy atom. The van der Waals surface area contributed by atoms with Gasteiger partial charge < -0.3 is 23.6 Å². The van der Waals surface area contributed by atoms with E-state index in [4.69, 9.17) is 18.3 Å². The molecule has 3 heterocycles. The number of aldehydes is 1. The maximum absolute atomic E-state index is 14.6. The summed E-state index contributed by atoms with van der Waals surface area (Å²) in [4.78, 5) is 28.5. The van der Waals surface area contributed by atoms with Crippen molar-refractivity contribution in [2.24, 2.45) is 0 Å². The predicted molar refractivity (Wildman–Crippen MR) is 172 cm³/mol. The van der Waals surface area contributed by atoms with Gasteiger partial charge in [0.1, 0.15) is 40.9 Å². The minimum atomic E-state index is -4.05. The van der Waals surface area contributed by atoms with E-state index in [2.05, 4.69) is 10.3 Å². The molecule has 6 aromatic rings. The highest BCUT2D eigenvalue weighted by Gasteiger charge is 2.31. The highest BCUT2D eigenvalue weighted by molar-refractivity contribution is 7.92. The van der Waals surface area contributed by atoms with Crippen LogP contribution in [0.2, 0.25) is 0 Å². The molecule has 15 heteroatoms. The Kier molecular flexibility index (Phi) is 7.78. The normalized spacial score (nSPS) is 14.6. The number of aromatic nitrogens is 1. The standard InChI is InChI=1S/C34H24F3N3O8S/c1-45-28-8-5-18(9-24(28)33-39-31-26(37)10-20(36)11-30(31)48-33)22-12-23-25(15-41)32(17-3-6-19(35)7-4-17)47-29(23)13-27(22)40(49(2,43)44)14-21-16-46-34(42)38-21/h3-13,15,21H,14,16H2,1-2H3,(H,38,42). The number of cyclic esters (lactones) is 1. The number of carbonyl (C=O) groups is 2. The fourth-order valence-corrected chi connectivity index (χ4v) is 6.73. The van der Waals surface area contributed by atoms with Gasteiger partial charge in [0.15, 0.2) is 17.7 Å². The maximum Gasteiger partial charge on any atom is 0.407 e. The smallest absolute Gasteiger partial charge is 0.407 e. The third-order valence-electron chi connectivity index (χ3n) is 8.02. The van der Waals surface area contributed by atoms with Crippen molar-refractivity contribution in [2.75, 3.05) is 30.8 Å². The first-order valence-corrected chi connectivity index (χ1v) is 16.5. The van der Waals surface area contributed by atoms with E-state index < -0.39 is 39.6 Å². The van der Waals surface area contributed by atoms with E-state index in [-0.39, 0.29) is 69.6 Å². The van der Waals surface area contributed by atoms with Crippen LogP contribution in [0.25, 0.3) is 56.0 Å². The number of halogens is 3. The first-order chi connectivity index (χ1) is 23.4. The Balaban J connectivity index is 1.47. The number of oxazole rings is 1. The van der Waals surface area contributed by atoms with Crippen molar-refractivity contribution in [1.29, 1.82) is 0 Å². The lowest BCUT2D eigenvalue weighted by atomic mass is 9.97. The number of carbonyl (C=O) groups excluding carboxylic acids is 2. The molecule has 1 aliphatic heterocycles. The predicted octanol–water partition coefficient (Wildman–Crippen LogP) is 6.69. The largest absolute Gasteiger partial charge is 0.496 e. The molecule has 1 saturated heterocycles. The number of nitrogens with one attached hydrogen (secondary N) is 1. The molecular weight excluding hydrogens is 667 g/mol. The van der Waals surface area contributed by atoms with Gasteiger partial charge in [-0.3, -0.25) is 9.10 Å². The number of benzene rings is 4. The van der Waals surface area contributed by atoms with Crippen LogP contribution in [0.5, 0.6) is 5.75 Å². The van der Waals surface area contributed by atoms with Crippen LogP contribution in [0.15, 0.2) is 75.6 Å². The van der Waals surface area contributed by atoms with Gasteiger partial charge in [-0.1, -0.05) is 6.07 Å². The summed E-state index contributed by atoms with van der Waals surface area (Å²) >= 11 is 0. The molecule has 7 rings (SSSR count). The topological polar surface area (TPSA) is 141 Å². The van der Waals surface area contributed by atoms with Gasteiger partial charge >= 0.3 is 6.09 Å². The van der Waals surface area contributed by atoms with Gasteiger partial charge in [0.25, 0.3) is 0 Å². The molecule has 250 valence electrons. The van der Waals surface area contributed by atoms with Crippen LogP contribution in [-0.4, -0.2) is 58.3 Å². The molecule has 1 N–H and O–H groups in total. The highest BCUT2D eigenvalue weighted by Crippen LogP contribution is 2.43. The molecule has 2 aromatic heterocycles. The number of amides is 1. The molecule has 0 aliphatic carbocycles. The summed E-state index contributed by atoms with van der Waals surface area (Å²) < 4.78 is 92.4. The van der Waals surface area contributed by atoms with Crippen LogP contribution >= 0.6 is 0 Å². The van der Waals surface area contributed by atoms with E-state index in [1.54, 1.807) is 24.3 Å². The van der Waals surface area contributed by atoms with Gasteiger partial charge in [0.05, 0.1) is 42.8 Å². The second kappa shape index (κ2) is 12.0. The van der Waals surface area contributed by atoms with Gasteiger partial charge in [0, 0.05) is 34.7 Å². The number of hydrogen-bond donors (Lipinski definition) is 1. The quantitative estimate of drug-likeness (QED) is 0.164. The van der Waals surface area contributed by atoms with Gasteiger partial charge in [0.2, 0.25) is 15.9 Å². The van der Waals surface area contributed by atoms with Crippen LogP contribution in [0.3, 0.4) is 0 Å². The van der Waals surface area contributed by atoms with Crippen LogP contribution in [-0.2, 0) is 14.8 Å². The Morgan fingerprint density at radius 3 is 2.39 bits per heavy atom. The van der Waals surface area contributed by atoms with Crippen molar-refractivity contribution in [1.82, 2.24) is 10.3 Å². The average Bonchev–Trinajstić information content (AvgIpc) is 3.78.